The Labute approximate surface area is 286 Å². The SMILES string of the molecule is O=C1CCC(n2nc(Cl)c3cc(N4CCN(CCCS(=O)N5CCC(Nc6ncc(OC(F)F)cn6)CC5)CC4)c(C(F)F)cc32)C(=O)N1. The number of piperidine rings is 2. The zero-order chi connectivity index (χ0) is 34.7. The van der Waals surface area contributed by atoms with Gasteiger partial charge in [0.1, 0.15) is 6.04 Å². The van der Waals surface area contributed by atoms with Crippen molar-refractivity contribution in [3.63, 3.8) is 0 Å². The van der Waals surface area contributed by atoms with E-state index in [0.717, 1.165) is 25.8 Å². The van der Waals surface area contributed by atoms with E-state index in [1.54, 1.807) is 6.07 Å². The van der Waals surface area contributed by atoms with Crippen molar-refractivity contribution in [3.8, 4) is 5.75 Å². The van der Waals surface area contributed by atoms with Crippen molar-refractivity contribution in [3.05, 3.63) is 35.2 Å². The highest BCUT2D eigenvalue weighted by molar-refractivity contribution is 7.82. The summed E-state index contributed by atoms with van der Waals surface area (Å²) in [5, 5.41) is 10.3. The van der Waals surface area contributed by atoms with Gasteiger partial charge in [-0.2, -0.15) is 13.9 Å². The Morgan fingerprint density at radius 1 is 1.02 bits per heavy atom. The number of rotatable bonds is 12. The monoisotopic (exact) mass is 729 g/mol. The van der Waals surface area contributed by atoms with Gasteiger partial charge in [-0.05, 0) is 44.4 Å². The molecule has 13 nitrogen and oxygen atoms in total. The van der Waals surface area contributed by atoms with Gasteiger partial charge in [-0.25, -0.2) is 27.3 Å². The van der Waals surface area contributed by atoms with E-state index in [1.165, 1.54) is 23.1 Å². The second-order valence-electron chi connectivity index (χ2n) is 12.1. The molecule has 0 bridgehead atoms. The van der Waals surface area contributed by atoms with Crippen molar-refractivity contribution in [2.75, 3.05) is 61.8 Å². The quantitative estimate of drug-likeness (QED) is 0.210. The highest BCUT2D eigenvalue weighted by Crippen LogP contribution is 2.38. The summed E-state index contributed by atoms with van der Waals surface area (Å²) in [5.74, 6) is -0.218. The van der Waals surface area contributed by atoms with Crippen LogP contribution in [0.2, 0.25) is 5.15 Å². The van der Waals surface area contributed by atoms with Crippen LogP contribution >= 0.6 is 11.6 Å². The number of ether oxygens (including phenoxy) is 1. The lowest BCUT2D eigenvalue weighted by atomic mass is 10.0. The lowest BCUT2D eigenvalue weighted by Gasteiger charge is -2.37. The molecule has 1 aromatic carbocycles. The van der Waals surface area contributed by atoms with Gasteiger partial charge in [0.25, 0.3) is 12.3 Å². The van der Waals surface area contributed by atoms with Gasteiger partial charge in [-0.15, -0.1) is 0 Å². The van der Waals surface area contributed by atoms with Crippen LogP contribution < -0.4 is 20.3 Å². The molecule has 2 aromatic heterocycles. The van der Waals surface area contributed by atoms with Crippen LogP contribution in [-0.4, -0.2) is 109 Å². The third-order valence-corrected chi connectivity index (χ3v) is 10.8. The van der Waals surface area contributed by atoms with Crippen molar-refractivity contribution >= 4 is 56.9 Å². The van der Waals surface area contributed by atoms with E-state index in [4.69, 9.17) is 11.6 Å². The molecule has 2 atom stereocenters. The van der Waals surface area contributed by atoms with E-state index >= 15 is 0 Å². The molecule has 2 N–H and O–H groups in total. The van der Waals surface area contributed by atoms with Crippen molar-refractivity contribution < 1.29 is 36.1 Å². The minimum absolute atomic E-state index is 0.0651. The Balaban J connectivity index is 0.968. The molecule has 49 heavy (non-hydrogen) atoms. The Hall–Kier alpha value is -3.61. The number of piperazine rings is 1. The predicted molar refractivity (Wildman–Crippen MR) is 174 cm³/mol. The maximum atomic E-state index is 14.4. The molecule has 5 heterocycles. The summed E-state index contributed by atoms with van der Waals surface area (Å²) in [6, 6.07) is 2.20. The van der Waals surface area contributed by atoms with E-state index in [0.29, 0.717) is 67.6 Å². The molecule has 266 valence electrons. The van der Waals surface area contributed by atoms with Gasteiger partial charge in [0, 0.05) is 74.1 Å². The first-order chi connectivity index (χ1) is 23.5. The topological polar surface area (TPSA) is 138 Å². The number of alkyl halides is 4. The molecule has 3 fully saturated rings. The first-order valence-electron chi connectivity index (χ1n) is 16.0. The van der Waals surface area contributed by atoms with Gasteiger partial charge in [0.2, 0.25) is 11.9 Å². The molecular formula is C30H36ClF4N9O4S. The lowest BCUT2D eigenvalue weighted by molar-refractivity contribution is -0.135. The Kier molecular flexibility index (Phi) is 11.2. The van der Waals surface area contributed by atoms with Crippen LogP contribution in [0.25, 0.3) is 10.9 Å². The number of amides is 2. The fraction of sp³-hybridized carbons (Fsp3) is 0.567. The van der Waals surface area contributed by atoms with Crippen LogP contribution in [0.4, 0.5) is 29.2 Å². The summed E-state index contributed by atoms with van der Waals surface area (Å²) in [6.45, 7) is 1.36. The summed E-state index contributed by atoms with van der Waals surface area (Å²) in [4.78, 5) is 36.2. The van der Waals surface area contributed by atoms with Gasteiger partial charge in [0.05, 0.1) is 28.9 Å². The van der Waals surface area contributed by atoms with Crippen LogP contribution in [0.15, 0.2) is 24.5 Å². The Morgan fingerprint density at radius 3 is 2.39 bits per heavy atom. The molecule has 3 saturated heterocycles. The number of carbonyl (C=O) groups is 2. The molecular weight excluding hydrogens is 694 g/mol. The van der Waals surface area contributed by atoms with E-state index < -0.39 is 36.0 Å². The average molecular weight is 730 g/mol. The number of benzene rings is 1. The van der Waals surface area contributed by atoms with E-state index in [2.05, 4.69) is 35.3 Å². The van der Waals surface area contributed by atoms with Gasteiger partial charge in [0.15, 0.2) is 10.9 Å². The van der Waals surface area contributed by atoms with Crippen molar-refractivity contribution in [1.82, 2.24) is 34.3 Å². The number of hydrogen-bond donors (Lipinski definition) is 2. The molecule has 0 saturated carbocycles. The summed E-state index contributed by atoms with van der Waals surface area (Å²) in [6.07, 6.45) is 2.08. The molecule has 19 heteroatoms. The number of halogens is 5. The molecule has 2 unspecified atom stereocenters. The Bertz CT molecular complexity index is 1670. The number of anilines is 2. The maximum Gasteiger partial charge on any atom is 0.387 e. The standard InChI is InChI=1S/C30H36ClF4N9O4S/c31-26-20-14-23(21(27(32)33)15-24(20)44(40-26)22-2-3-25(45)39-28(22)46)42-11-9-41(10-12-42)6-1-13-49(47)43-7-4-18(5-8-43)38-30-36-16-19(17-37-30)48-29(34)35/h14-18,22,27,29H,1-13H2,(H,36,37,38)(H,39,45,46). The number of aromatic nitrogens is 4. The lowest BCUT2D eigenvalue weighted by Crippen LogP contribution is -2.47. The second-order valence-corrected chi connectivity index (χ2v) is 14.0. The number of nitrogens with zero attached hydrogens (tertiary/aromatic N) is 7. The van der Waals surface area contributed by atoms with Gasteiger partial charge >= 0.3 is 6.61 Å². The molecule has 0 radical (unpaired) electrons. The van der Waals surface area contributed by atoms with E-state index in [-0.39, 0.29) is 41.3 Å². The van der Waals surface area contributed by atoms with Crippen LogP contribution in [0.5, 0.6) is 5.75 Å². The van der Waals surface area contributed by atoms with Gasteiger partial charge in [-0.3, -0.25) is 24.5 Å². The summed E-state index contributed by atoms with van der Waals surface area (Å²) >= 11 is 6.43. The number of nitrogens with one attached hydrogen (secondary N) is 2. The smallest absolute Gasteiger partial charge is 0.387 e. The summed E-state index contributed by atoms with van der Waals surface area (Å²) in [5.41, 5.74) is 0.509. The third-order valence-electron chi connectivity index (χ3n) is 8.98. The van der Waals surface area contributed by atoms with Crippen molar-refractivity contribution in [1.29, 1.82) is 0 Å². The van der Waals surface area contributed by atoms with Crippen molar-refractivity contribution in [2.24, 2.45) is 0 Å². The zero-order valence-corrected chi connectivity index (χ0v) is 27.9. The molecule has 3 aliphatic rings. The van der Waals surface area contributed by atoms with Gasteiger partial charge < -0.3 is 15.0 Å². The van der Waals surface area contributed by atoms with Crippen LogP contribution in [0.1, 0.15) is 50.1 Å². The molecule has 6 rings (SSSR count). The maximum absolute atomic E-state index is 14.4. The molecule has 0 spiro atoms. The molecule has 0 aliphatic carbocycles. The average Bonchev–Trinajstić information content (AvgIpc) is 3.40. The fourth-order valence-electron chi connectivity index (χ4n) is 6.45. The van der Waals surface area contributed by atoms with Crippen LogP contribution in [-0.2, 0) is 20.6 Å². The van der Waals surface area contributed by atoms with E-state index in [1.807, 2.05) is 9.21 Å². The third kappa shape index (κ3) is 8.41. The minimum Gasteiger partial charge on any atom is -0.432 e. The highest BCUT2D eigenvalue weighted by atomic mass is 35.5. The zero-order valence-electron chi connectivity index (χ0n) is 26.4. The molecule has 3 aromatic rings. The van der Waals surface area contributed by atoms with E-state index in [9.17, 15) is 31.4 Å². The number of carbonyl (C=O) groups excluding carboxylic acids is 2. The highest BCUT2D eigenvalue weighted by Gasteiger charge is 2.32. The first kappa shape index (κ1) is 35.2. The molecule has 2 amide bonds. The number of fused-ring (bicyclic) bond motifs is 1. The van der Waals surface area contributed by atoms with Crippen LogP contribution in [0, 0.1) is 0 Å². The summed E-state index contributed by atoms with van der Waals surface area (Å²) in [7, 11) is -1.14. The van der Waals surface area contributed by atoms with Crippen molar-refractivity contribution in [2.45, 2.75) is 57.2 Å². The molecule has 3 aliphatic heterocycles. The number of hydrogen-bond acceptors (Lipinski definition) is 10. The van der Waals surface area contributed by atoms with Crippen LogP contribution in [0.3, 0.4) is 0 Å². The summed E-state index contributed by atoms with van der Waals surface area (Å²) < 4.78 is 73.9. The second kappa shape index (κ2) is 15.5. The fourth-order valence-corrected chi connectivity index (χ4v) is 7.93. The minimum atomic E-state index is -2.94. The normalized spacial score (nSPS) is 20.7. The Morgan fingerprint density at radius 2 is 1.73 bits per heavy atom. The first-order valence-corrected chi connectivity index (χ1v) is 17.7. The predicted octanol–water partition coefficient (Wildman–Crippen LogP) is 3.75. The van der Waals surface area contributed by atoms with Gasteiger partial charge in [-0.1, -0.05) is 11.6 Å². The largest absolute Gasteiger partial charge is 0.432 e. The number of imide groups is 1.